The lowest BCUT2D eigenvalue weighted by atomic mass is 9.65. The normalized spacial score (nSPS) is 30.1. The Morgan fingerprint density at radius 2 is 1.70 bits per heavy atom. The number of para-hydroxylation sites is 1. The van der Waals surface area contributed by atoms with Crippen LogP contribution in [0, 0.1) is 0 Å². The van der Waals surface area contributed by atoms with Crippen molar-refractivity contribution < 1.29 is 9.47 Å². The van der Waals surface area contributed by atoms with Gasteiger partial charge in [-0.1, -0.05) is 18.2 Å². The summed E-state index contributed by atoms with van der Waals surface area (Å²) in [6.45, 7) is 3.90. The number of ether oxygens (including phenoxy) is 2. The van der Waals surface area contributed by atoms with Crippen molar-refractivity contribution in [2.75, 3.05) is 25.2 Å². The number of likely N-dealkylation sites (N-methyl/N-ethyl adjacent to an activating group) is 1. The van der Waals surface area contributed by atoms with Crippen LogP contribution in [0.2, 0.25) is 0 Å². The molecule has 0 aromatic heterocycles. The van der Waals surface area contributed by atoms with Crippen LogP contribution in [0.15, 0.2) is 24.3 Å². The maximum absolute atomic E-state index is 5.90. The molecule has 0 N–H and O–H groups in total. The maximum Gasteiger partial charge on any atom is 0.168 e. The van der Waals surface area contributed by atoms with E-state index in [0.717, 1.165) is 38.9 Å². The molecule has 2 aliphatic heterocycles. The van der Waals surface area contributed by atoms with Gasteiger partial charge in [-0.2, -0.15) is 0 Å². The van der Waals surface area contributed by atoms with Gasteiger partial charge < -0.3 is 14.4 Å². The lowest BCUT2D eigenvalue weighted by Gasteiger charge is -2.45. The number of anilines is 1. The van der Waals surface area contributed by atoms with Crippen LogP contribution in [0.1, 0.15) is 38.2 Å². The second-order valence-corrected chi connectivity index (χ2v) is 6.57. The minimum atomic E-state index is -0.263. The molecule has 3 heteroatoms. The van der Waals surface area contributed by atoms with Crippen LogP contribution in [0.25, 0.3) is 0 Å². The first-order valence-corrected chi connectivity index (χ1v) is 7.77. The molecular formula is C17H23NO2. The number of nitrogens with zero attached hydrogens (tertiary/aromatic N) is 1. The van der Waals surface area contributed by atoms with Gasteiger partial charge in [-0.3, -0.25) is 0 Å². The zero-order chi connectivity index (χ0) is 13.8. The van der Waals surface area contributed by atoms with E-state index in [1.165, 1.54) is 11.3 Å². The zero-order valence-corrected chi connectivity index (χ0v) is 12.4. The van der Waals surface area contributed by atoms with Crippen LogP contribution in [0.5, 0.6) is 0 Å². The van der Waals surface area contributed by atoms with E-state index in [1.54, 1.807) is 0 Å². The fourth-order valence-electron chi connectivity index (χ4n) is 4.56. The summed E-state index contributed by atoms with van der Waals surface area (Å²) in [7, 11) is 2.23. The van der Waals surface area contributed by atoms with Crippen molar-refractivity contribution in [1.82, 2.24) is 0 Å². The van der Waals surface area contributed by atoms with Gasteiger partial charge in [0.05, 0.1) is 13.2 Å². The monoisotopic (exact) mass is 273 g/mol. The van der Waals surface area contributed by atoms with Gasteiger partial charge in [0.2, 0.25) is 0 Å². The van der Waals surface area contributed by atoms with E-state index in [9.17, 15) is 0 Å². The number of hydrogen-bond donors (Lipinski definition) is 0. The van der Waals surface area contributed by atoms with Crippen molar-refractivity contribution in [2.45, 2.75) is 49.9 Å². The van der Waals surface area contributed by atoms with Gasteiger partial charge in [0, 0.05) is 37.0 Å². The summed E-state index contributed by atoms with van der Waals surface area (Å²) in [5.74, 6) is -0.263. The van der Waals surface area contributed by atoms with E-state index >= 15 is 0 Å². The van der Waals surface area contributed by atoms with Crippen LogP contribution in [0.4, 0.5) is 5.69 Å². The molecule has 1 aromatic carbocycles. The van der Waals surface area contributed by atoms with E-state index in [2.05, 4.69) is 43.1 Å². The molecule has 0 bridgehead atoms. The Hall–Kier alpha value is -1.06. The van der Waals surface area contributed by atoms with E-state index < -0.39 is 0 Å². The third-order valence-electron chi connectivity index (χ3n) is 5.92. The maximum atomic E-state index is 5.90. The molecule has 3 nitrogen and oxygen atoms in total. The van der Waals surface area contributed by atoms with E-state index in [1.807, 2.05) is 0 Å². The quantitative estimate of drug-likeness (QED) is 0.725. The molecular weight excluding hydrogens is 250 g/mol. The molecule has 20 heavy (non-hydrogen) atoms. The highest BCUT2D eigenvalue weighted by molar-refractivity contribution is 5.64. The summed E-state index contributed by atoms with van der Waals surface area (Å²) in [6.07, 6.45) is 4.38. The molecule has 1 unspecified atom stereocenters. The lowest BCUT2D eigenvalue weighted by Crippen LogP contribution is -2.48. The molecule has 2 heterocycles. The van der Waals surface area contributed by atoms with Gasteiger partial charge in [0.1, 0.15) is 0 Å². The molecule has 108 valence electrons. The fourth-order valence-corrected chi connectivity index (χ4v) is 4.56. The first-order valence-electron chi connectivity index (χ1n) is 7.77. The Morgan fingerprint density at radius 1 is 1.05 bits per heavy atom. The van der Waals surface area contributed by atoms with Gasteiger partial charge in [-0.25, -0.2) is 0 Å². The van der Waals surface area contributed by atoms with Crippen molar-refractivity contribution in [3.8, 4) is 0 Å². The van der Waals surface area contributed by atoms with Gasteiger partial charge >= 0.3 is 0 Å². The highest BCUT2D eigenvalue weighted by Gasteiger charge is 2.53. The van der Waals surface area contributed by atoms with E-state index in [-0.39, 0.29) is 11.2 Å². The van der Waals surface area contributed by atoms with Crippen LogP contribution in [-0.2, 0) is 14.9 Å². The molecule has 1 atom stereocenters. The topological polar surface area (TPSA) is 21.7 Å². The van der Waals surface area contributed by atoms with Crippen molar-refractivity contribution in [3.05, 3.63) is 29.8 Å². The van der Waals surface area contributed by atoms with E-state index in [4.69, 9.17) is 9.47 Å². The number of fused-ring (bicyclic) bond motifs is 2. The van der Waals surface area contributed by atoms with Crippen LogP contribution >= 0.6 is 0 Å². The Kier molecular flexibility index (Phi) is 2.67. The summed E-state index contributed by atoms with van der Waals surface area (Å²) in [4.78, 5) is 2.45. The molecule has 2 spiro atoms. The molecule has 4 rings (SSSR count). The average molecular weight is 273 g/mol. The first kappa shape index (κ1) is 12.7. The van der Waals surface area contributed by atoms with Gasteiger partial charge in [-0.05, 0) is 31.4 Å². The molecule has 2 fully saturated rings. The predicted molar refractivity (Wildman–Crippen MR) is 79.1 cm³/mol. The lowest BCUT2D eigenvalue weighted by molar-refractivity contribution is -0.185. The minimum Gasteiger partial charge on any atom is -0.371 e. The van der Waals surface area contributed by atoms with Crippen molar-refractivity contribution in [2.24, 2.45) is 0 Å². The smallest absolute Gasteiger partial charge is 0.168 e. The molecule has 3 aliphatic rings. The standard InChI is InChI=1S/C17H23NO2/c1-13-16(14-5-3-4-6-15(14)18(13)2)7-9-17(10-8-16)19-11-12-20-17/h3-6,13H,7-12H2,1-2H3. The fraction of sp³-hybridized carbons (Fsp3) is 0.647. The molecule has 0 amide bonds. The minimum absolute atomic E-state index is 0.263. The van der Waals surface area contributed by atoms with Crippen molar-refractivity contribution in [3.63, 3.8) is 0 Å². The summed E-state index contributed by atoms with van der Waals surface area (Å²) in [5.41, 5.74) is 3.22. The van der Waals surface area contributed by atoms with Gasteiger partial charge in [0.25, 0.3) is 0 Å². The Morgan fingerprint density at radius 3 is 2.40 bits per heavy atom. The second kappa shape index (κ2) is 4.22. The van der Waals surface area contributed by atoms with E-state index in [0.29, 0.717) is 6.04 Å². The average Bonchev–Trinajstić information content (AvgIpc) is 3.02. The molecule has 0 radical (unpaired) electrons. The van der Waals surface area contributed by atoms with Crippen molar-refractivity contribution in [1.29, 1.82) is 0 Å². The molecule has 1 aliphatic carbocycles. The van der Waals surface area contributed by atoms with Crippen LogP contribution < -0.4 is 4.90 Å². The largest absolute Gasteiger partial charge is 0.371 e. The van der Waals surface area contributed by atoms with Crippen LogP contribution in [0.3, 0.4) is 0 Å². The van der Waals surface area contributed by atoms with Crippen molar-refractivity contribution >= 4 is 5.69 Å². The number of hydrogen-bond acceptors (Lipinski definition) is 3. The Balaban J connectivity index is 1.68. The zero-order valence-electron chi connectivity index (χ0n) is 12.4. The van der Waals surface area contributed by atoms with Crippen LogP contribution in [-0.4, -0.2) is 32.1 Å². The third kappa shape index (κ3) is 1.54. The molecule has 1 aromatic rings. The third-order valence-corrected chi connectivity index (χ3v) is 5.92. The summed E-state index contributed by atoms with van der Waals surface area (Å²) < 4.78 is 11.8. The second-order valence-electron chi connectivity index (χ2n) is 6.57. The molecule has 1 saturated heterocycles. The number of benzene rings is 1. The predicted octanol–water partition coefficient (Wildman–Crippen LogP) is 3.08. The molecule has 1 saturated carbocycles. The first-order chi connectivity index (χ1) is 9.67. The van der Waals surface area contributed by atoms with Gasteiger partial charge in [-0.15, -0.1) is 0 Å². The summed E-state index contributed by atoms with van der Waals surface area (Å²) >= 11 is 0. The van der Waals surface area contributed by atoms with Gasteiger partial charge in [0.15, 0.2) is 5.79 Å². The number of rotatable bonds is 0. The highest BCUT2D eigenvalue weighted by Crippen LogP contribution is 2.55. The Bertz CT molecular complexity index is 511. The summed E-state index contributed by atoms with van der Waals surface area (Å²) in [6, 6.07) is 9.46. The SMILES string of the molecule is CC1N(C)c2ccccc2C12CCC1(CC2)OCCO1. The highest BCUT2D eigenvalue weighted by atomic mass is 16.7. The summed E-state index contributed by atoms with van der Waals surface area (Å²) in [5, 5.41) is 0. The Labute approximate surface area is 120 Å².